The molecule has 0 N–H and O–H groups in total. The van der Waals surface area contributed by atoms with Gasteiger partial charge in [-0.1, -0.05) is 31.4 Å². The number of imidazole rings is 1. The lowest BCUT2D eigenvalue weighted by Crippen LogP contribution is -2.14. The predicted molar refractivity (Wildman–Crippen MR) is 91.6 cm³/mol. The van der Waals surface area contributed by atoms with Crippen LogP contribution in [0.2, 0.25) is 0 Å². The quantitative estimate of drug-likeness (QED) is 0.697. The summed E-state index contributed by atoms with van der Waals surface area (Å²) in [5.41, 5.74) is 2.28. The average Bonchev–Trinajstić information content (AvgIpc) is 3.01. The van der Waals surface area contributed by atoms with E-state index in [9.17, 15) is 4.39 Å². The Kier molecular flexibility index (Phi) is 3.92. The third-order valence-corrected chi connectivity index (χ3v) is 4.81. The van der Waals surface area contributed by atoms with Gasteiger partial charge in [0.15, 0.2) is 0 Å². The number of methoxy groups -OCH3 is 1. The summed E-state index contributed by atoms with van der Waals surface area (Å²) < 4.78 is 21.8. The summed E-state index contributed by atoms with van der Waals surface area (Å²) in [6, 6.07) is 8.99. The first-order valence-corrected chi connectivity index (χ1v) is 8.45. The van der Waals surface area contributed by atoms with Gasteiger partial charge in [0.25, 0.3) is 0 Å². The molecule has 0 amide bonds. The van der Waals surface area contributed by atoms with E-state index in [1.807, 2.05) is 12.1 Å². The summed E-state index contributed by atoms with van der Waals surface area (Å²) in [4.78, 5) is 9.06. The highest BCUT2D eigenvalue weighted by Gasteiger charge is 2.24. The zero-order chi connectivity index (χ0) is 16.5. The molecule has 2 aromatic heterocycles. The van der Waals surface area contributed by atoms with Crippen molar-refractivity contribution in [3.05, 3.63) is 42.3 Å². The van der Waals surface area contributed by atoms with Crippen LogP contribution in [0.15, 0.2) is 36.5 Å². The first kappa shape index (κ1) is 15.1. The van der Waals surface area contributed by atoms with Crippen LogP contribution in [0.3, 0.4) is 0 Å². The first-order chi connectivity index (χ1) is 11.8. The Morgan fingerprint density at radius 3 is 2.71 bits per heavy atom. The van der Waals surface area contributed by atoms with Crippen molar-refractivity contribution in [1.82, 2.24) is 14.5 Å². The van der Waals surface area contributed by atoms with E-state index < -0.39 is 0 Å². The fourth-order valence-corrected chi connectivity index (χ4v) is 3.63. The summed E-state index contributed by atoms with van der Waals surface area (Å²) >= 11 is 0. The standard InChI is InChI=1S/C19H20FN3O/c1-24-18-11-16-17(12-21-18)23(13-7-3-2-4-8-13)19(22-16)14-9-5-6-10-15(14)20/h5-6,9-13H,2-4,7-8H2,1H3. The fourth-order valence-electron chi connectivity index (χ4n) is 3.63. The van der Waals surface area contributed by atoms with Crippen molar-refractivity contribution in [2.75, 3.05) is 7.11 Å². The maximum absolute atomic E-state index is 14.4. The lowest BCUT2D eigenvalue weighted by molar-refractivity contribution is 0.361. The van der Waals surface area contributed by atoms with Gasteiger partial charge in [-0.05, 0) is 25.0 Å². The Labute approximate surface area is 140 Å². The normalized spacial score (nSPS) is 15.8. The molecule has 0 saturated heterocycles. The molecule has 3 aromatic rings. The van der Waals surface area contributed by atoms with Crippen LogP contribution in [-0.4, -0.2) is 21.6 Å². The molecule has 1 aliphatic rings. The number of nitrogens with zero attached hydrogens (tertiary/aromatic N) is 3. The van der Waals surface area contributed by atoms with Gasteiger partial charge >= 0.3 is 0 Å². The molecule has 4 rings (SSSR count). The molecule has 4 nitrogen and oxygen atoms in total. The van der Waals surface area contributed by atoms with E-state index in [1.54, 1.807) is 25.4 Å². The van der Waals surface area contributed by atoms with Crippen LogP contribution in [0.5, 0.6) is 5.88 Å². The summed E-state index contributed by atoms with van der Waals surface area (Å²) in [6.45, 7) is 0. The maximum atomic E-state index is 14.4. The van der Waals surface area contributed by atoms with E-state index in [0.717, 1.165) is 23.9 Å². The molecule has 2 heterocycles. The molecule has 1 saturated carbocycles. The summed E-state index contributed by atoms with van der Waals surface area (Å²) in [5.74, 6) is 0.964. The highest BCUT2D eigenvalue weighted by atomic mass is 19.1. The van der Waals surface area contributed by atoms with Crippen LogP contribution in [0.25, 0.3) is 22.4 Å². The van der Waals surface area contributed by atoms with E-state index in [1.165, 1.54) is 25.3 Å². The van der Waals surface area contributed by atoms with Crippen molar-refractivity contribution in [1.29, 1.82) is 0 Å². The second-order valence-corrected chi connectivity index (χ2v) is 6.29. The van der Waals surface area contributed by atoms with E-state index in [4.69, 9.17) is 9.72 Å². The zero-order valence-electron chi connectivity index (χ0n) is 13.7. The van der Waals surface area contributed by atoms with Crippen molar-refractivity contribution in [2.24, 2.45) is 0 Å². The van der Waals surface area contributed by atoms with Crippen LogP contribution in [0, 0.1) is 5.82 Å². The average molecular weight is 325 g/mol. The Bertz CT molecular complexity index is 868. The van der Waals surface area contributed by atoms with Crippen LogP contribution in [0.1, 0.15) is 38.1 Å². The van der Waals surface area contributed by atoms with Gasteiger partial charge in [-0.15, -0.1) is 0 Å². The Morgan fingerprint density at radius 2 is 1.96 bits per heavy atom. The monoisotopic (exact) mass is 325 g/mol. The summed E-state index contributed by atoms with van der Waals surface area (Å²) in [7, 11) is 1.59. The van der Waals surface area contributed by atoms with Crippen molar-refractivity contribution in [3.8, 4) is 17.3 Å². The highest BCUT2D eigenvalue weighted by Crippen LogP contribution is 2.36. The molecule has 0 radical (unpaired) electrons. The predicted octanol–water partition coefficient (Wildman–Crippen LogP) is 4.75. The second kappa shape index (κ2) is 6.23. The molecule has 1 aliphatic carbocycles. The number of rotatable bonds is 3. The first-order valence-electron chi connectivity index (χ1n) is 8.45. The number of benzene rings is 1. The van der Waals surface area contributed by atoms with Gasteiger partial charge in [0, 0.05) is 12.1 Å². The third-order valence-electron chi connectivity index (χ3n) is 4.81. The molecule has 0 spiro atoms. The van der Waals surface area contributed by atoms with Gasteiger partial charge in [0.2, 0.25) is 5.88 Å². The Morgan fingerprint density at radius 1 is 1.17 bits per heavy atom. The third kappa shape index (κ3) is 2.54. The molecule has 0 atom stereocenters. The van der Waals surface area contributed by atoms with Crippen LogP contribution < -0.4 is 4.74 Å². The molecular formula is C19H20FN3O. The summed E-state index contributed by atoms with van der Waals surface area (Å²) in [6.07, 6.45) is 7.65. The van der Waals surface area contributed by atoms with E-state index in [2.05, 4.69) is 9.55 Å². The van der Waals surface area contributed by atoms with Crippen LogP contribution in [0.4, 0.5) is 4.39 Å². The SMILES string of the molecule is COc1cc2nc(-c3ccccc3F)n(C3CCCCC3)c2cn1. The minimum atomic E-state index is -0.246. The largest absolute Gasteiger partial charge is 0.481 e. The molecule has 0 aliphatic heterocycles. The van der Waals surface area contributed by atoms with Gasteiger partial charge in [-0.25, -0.2) is 14.4 Å². The number of halogens is 1. The number of fused-ring (bicyclic) bond motifs is 1. The minimum absolute atomic E-state index is 0.246. The molecule has 24 heavy (non-hydrogen) atoms. The van der Waals surface area contributed by atoms with E-state index in [0.29, 0.717) is 23.3 Å². The summed E-state index contributed by atoms with van der Waals surface area (Å²) in [5, 5.41) is 0. The number of hydrogen-bond acceptors (Lipinski definition) is 3. The second-order valence-electron chi connectivity index (χ2n) is 6.29. The number of pyridine rings is 1. The lowest BCUT2D eigenvalue weighted by Gasteiger charge is -2.25. The topological polar surface area (TPSA) is 39.9 Å². The van der Waals surface area contributed by atoms with Gasteiger partial charge in [-0.3, -0.25) is 0 Å². The van der Waals surface area contributed by atoms with Crippen molar-refractivity contribution in [2.45, 2.75) is 38.1 Å². The molecule has 124 valence electrons. The Hall–Kier alpha value is -2.43. The van der Waals surface area contributed by atoms with Crippen molar-refractivity contribution < 1.29 is 9.13 Å². The maximum Gasteiger partial charge on any atom is 0.215 e. The molecular weight excluding hydrogens is 305 g/mol. The van der Waals surface area contributed by atoms with Crippen LogP contribution >= 0.6 is 0 Å². The van der Waals surface area contributed by atoms with E-state index >= 15 is 0 Å². The number of hydrogen-bond donors (Lipinski definition) is 0. The van der Waals surface area contributed by atoms with Crippen LogP contribution in [-0.2, 0) is 0 Å². The highest BCUT2D eigenvalue weighted by molar-refractivity contribution is 5.81. The van der Waals surface area contributed by atoms with Crippen molar-refractivity contribution >= 4 is 11.0 Å². The van der Waals surface area contributed by atoms with Gasteiger partial charge in [0.05, 0.1) is 29.9 Å². The van der Waals surface area contributed by atoms with Gasteiger partial charge < -0.3 is 9.30 Å². The van der Waals surface area contributed by atoms with Crippen molar-refractivity contribution in [3.63, 3.8) is 0 Å². The molecule has 0 bridgehead atoms. The minimum Gasteiger partial charge on any atom is -0.481 e. The van der Waals surface area contributed by atoms with E-state index in [-0.39, 0.29) is 5.82 Å². The van der Waals surface area contributed by atoms with Gasteiger partial charge in [0.1, 0.15) is 11.6 Å². The lowest BCUT2D eigenvalue weighted by atomic mass is 9.95. The molecule has 0 unspecified atom stereocenters. The molecule has 1 fully saturated rings. The fraction of sp³-hybridized carbons (Fsp3) is 0.368. The van der Waals surface area contributed by atoms with Gasteiger partial charge in [-0.2, -0.15) is 0 Å². The molecule has 5 heteroatoms. The smallest absolute Gasteiger partial charge is 0.215 e. The zero-order valence-corrected chi connectivity index (χ0v) is 13.7. The number of ether oxygens (including phenoxy) is 1. The Balaban J connectivity index is 1.95. The number of aromatic nitrogens is 3. The molecule has 1 aromatic carbocycles.